The molecule has 0 bridgehead atoms. The average Bonchev–Trinajstić information content (AvgIpc) is 2.46. The highest BCUT2D eigenvalue weighted by atomic mass is 16.4. The van der Waals surface area contributed by atoms with E-state index in [0.717, 1.165) is 6.21 Å². The maximum absolute atomic E-state index is 12.2. The third-order valence-corrected chi connectivity index (χ3v) is 3.31. The van der Waals surface area contributed by atoms with Gasteiger partial charge in [-0.25, -0.2) is 0 Å². The van der Waals surface area contributed by atoms with Gasteiger partial charge in [-0.3, -0.25) is 24.4 Å². The van der Waals surface area contributed by atoms with Gasteiger partial charge in [0, 0.05) is 24.1 Å². The summed E-state index contributed by atoms with van der Waals surface area (Å²) in [5.74, 6) is -3.21. The normalized spacial score (nSPS) is 16.4. The molecule has 0 spiro atoms. The summed E-state index contributed by atoms with van der Waals surface area (Å²) in [6, 6.07) is 4.91. The van der Waals surface area contributed by atoms with Crippen molar-refractivity contribution in [3.8, 4) is 0 Å². The number of carboxylic acid groups (broad SMARTS) is 1. The number of carboxylic acids is 1. The van der Waals surface area contributed by atoms with E-state index >= 15 is 0 Å². The van der Waals surface area contributed by atoms with Crippen molar-refractivity contribution in [2.75, 3.05) is 5.32 Å². The molecule has 22 heavy (non-hydrogen) atoms. The van der Waals surface area contributed by atoms with Crippen molar-refractivity contribution in [1.82, 2.24) is 4.98 Å². The van der Waals surface area contributed by atoms with Crippen LogP contribution in [0.15, 0.2) is 29.4 Å². The second-order valence-corrected chi connectivity index (χ2v) is 4.90. The molecule has 0 radical (unpaired) electrons. The van der Waals surface area contributed by atoms with Crippen molar-refractivity contribution >= 4 is 46.2 Å². The Morgan fingerprint density at radius 3 is 2.77 bits per heavy atom. The molecule has 1 aliphatic heterocycles. The summed E-state index contributed by atoms with van der Waals surface area (Å²) in [5, 5.41) is 12.3. The van der Waals surface area contributed by atoms with E-state index < -0.39 is 17.7 Å². The van der Waals surface area contributed by atoms with Crippen LogP contribution in [0.3, 0.4) is 0 Å². The third-order valence-electron chi connectivity index (χ3n) is 3.31. The molecule has 1 aliphatic rings. The van der Waals surface area contributed by atoms with Gasteiger partial charge in [0.2, 0.25) is 5.91 Å². The molecule has 2 N–H and O–H groups in total. The zero-order valence-corrected chi connectivity index (χ0v) is 11.5. The molecule has 2 aromatic rings. The van der Waals surface area contributed by atoms with E-state index in [1.807, 2.05) is 0 Å². The molecule has 1 amide bonds. The highest BCUT2D eigenvalue weighted by Crippen LogP contribution is 2.33. The van der Waals surface area contributed by atoms with Crippen LogP contribution < -0.4 is 5.32 Å². The van der Waals surface area contributed by atoms with Gasteiger partial charge in [0.05, 0.1) is 23.1 Å². The molecule has 110 valence electrons. The van der Waals surface area contributed by atoms with Crippen molar-refractivity contribution in [2.45, 2.75) is 6.92 Å². The molecule has 0 saturated carbocycles. The first-order valence-corrected chi connectivity index (χ1v) is 6.49. The van der Waals surface area contributed by atoms with E-state index in [1.165, 1.54) is 19.2 Å². The number of aliphatic carboxylic acids is 1. The predicted octanol–water partition coefficient (Wildman–Crippen LogP) is 1.79. The lowest BCUT2D eigenvalue weighted by Gasteiger charge is -2.15. The molecule has 1 atom stereocenters. The minimum absolute atomic E-state index is 0.211. The molecule has 7 heteroatoms. The van der Waals surface area contributed by atoms with Crippen LogP contribution in [0, 0.1) is 5.92 Å². The molecular formula is C15H11N3O4. The van der Waals surface area contributed by atoms with Crippen molar-refractivity contribution in [3.05, 3.63) is 30.0 Å². The molecule has 0 saturated heterocycles. The molecule has 0 fully saturated rings. The van der Waals surface area contributed by atoms with Gasteiger partial charge in [-0.15, -0.1) is 0 Å². The largest absolute Gasteiger partial charge is 0.480 e. The summed E-state index contributed by atoms with van der Waals surface area (Å²) >= 11 is 0. The number of amides is 1. The van der Waals surface area contributed by atoms with E-state index in [-0.39, 0.29) is 11.5 Å². The standard InChI is InChI=1S/C15H11N3O4/c1-7(19)18-9-4-8-2-3-10-13(12(8)16-5-9)17-6-11(14(10)20)15(21)22/h2-6,11H,1H3,(H,18,19)(H,21,22). The first-order chi connectivity index (χ1) is 10.5. The number of fused-ring (bicyclic) bond motifs is 3. The van der Waals surface area contributed by atoms with Gasteiger partial charge in [-0.05, 0) is 12.1 Å². The topological polar surface area (TPSA) is 109 Å². The molecule has 3 rings (SSSR count). The molecule has 7 nitrogen and oxygen atoms in total. The maximum Gasteiger partial charge on any atom is 0.319 e. The van der Waals surface area contributed by atoms with Crippen molar-refractivity contribution in [2.24, 2.45) is 10.9 Å². The van der Waals surface area contributed by atoms with Crippen LogP contribution >= 0.6 is 0 Å². The lowest BCUT2D eigenvalue weighted by Crippen LogP contribution is -2.27. The van der Waals surface area contributed by atoms with E-state index in [4.69, 9.17) is 5.11 Å². The van der Waals surface area contributed by atoms with E-state index in [9.17, 15) is 14.4 Å². The number of anilines is 1. The Balaban J connectivity index is 2.13. The van der Waals surface area contributed by atoms with Gasteiger partial charge < -0.3 is 10.4 Å². The summed E-state index contributed by atoms with van der Waals surface area (Å²) in [7, 11) is 0. The Hall–Kier alpha value is -3.09. The number of carbonyl (C=O) groups is 3. The zero-order chi connectivity index (χ0) is 15.9. The monoisotopic (exact) mass is 297 g/mol. The fraction of sp³-hybridized carbons (Fsp3) is 0.133. The van der Waals surface area contributed by atoms with Crippen LogP contribution in [0.1, 0.15) is 17.3 Å². The number of aliphatic imine (C=N–C) groups is 1. The number of hydrogen-bond acceptors (Lipinski definition) is 5. The quantitative estimate of drug-likeness (QED) is 0.821. The minimum atomic E-state index is -1.26. The van der Waals surface area contributed by atoms with Crippen LogP contribution in [0.25, 0.3) is 10.9 Å². The van der Waals surface area contributed by atoms with Crippen LogP contribution in [0.2, 0.25) is 0 Å². The summed E-state index contributed by atoms with van der Waals surface area (Å²) in [6.45, 7) is 1.39. The minimum Gasteiger partial charge on any atom is -0.480 e. The number of hydrogen-bond donors (Lipinski definition) is 2. The summed E-state index contributed by atoms with van der Waals surface area (Å²) in [5.41, 5.74) is 1.62. The van der Waals surface area contributed by atoms with Crippen LogP contribution in [-0.4, -0.2) is 34.0 Å². The second kappa shape index (κ2) is 5.03. The Morgan fingerprint density at radius 2 is 2.09 bits per heavy atom. The van der Waals surface area contributed by atoms with Gasteiger partial charge >= 0.3 is 5.97 Å². The first-order valence-electron chi connectivity index (χ1n) is 6.49. The number of ketones is 1. The van der Waals surface area contributed by atoms with E-state index in [2.05, 4.69) is 15.3 Å². The summed E-state index contributed by atoms with van der Waals surface area (Å²) in [6.07, 6.45) is 2.59. The highest BCUT2D eigenvalue weighted by molar-refractivity contribution is 6.24. The van der Waals surface area contributed by atoms with Gasteiger partial charge in [0.15, 0.2) is 11.7 Å². The van der Waals surface area contributed by atoms with Crippen molar-refractivity contribution in [1.29, 1.82) is 0 Å². The number of rotatable bonds is 2. The van der Waals surface area contributed by atoms with Gasteiger partial charge in [-0.1, -0.05) is 6.07 Å². The molecule has 1 aromatic heterocycles. The van der Waals surface area contributed by atoms with Gasteiger partial charge in [0.25, 0.3) is 0 Å². The van der Waals surface area contributed by atoms with Crippen LogP contribution in [-0.2, 0) is 9.59 Å². The average molecular weight is 297 g/mol. The van der Waals surface area contributed by atoms with Crippen molar-refractivity contribution < 1.29 is 19.5 Å². The maximum atomic E-state index is 12.2. The SMILES string of the molecule is CC(=O)Nc1cnc2c3c(ccc2c1)C(=O)C(C(=O)O)C=N3. The Morgan fingerprint density at radius 1 is 1.32 bits per heavy atom. The number of nitrogens with one attached hydrogen (secondary N) is 1. The number of benzene rings is 1. The number of aromatic nitrogens is 1. The van der Waals surface area contributed by atoms with Crippen molar-refractivity contribution in [3.63, 3.8) is 0 Å². The third kappa shape index (κ3) is 2.22. The molecule has 1 aromatic carbocycles. The lowest BCUT2D eigenvalue weighted by atomic mass is 9.93. The Bertz CT molecular complexity index is 857. The fourth-order valence-electron chi connectivity index (χ4n) is 2.35. The number of pyridine rings is 1. The zero-order valence-electron chi connectivity index (χ0n) is 11.5. The molecule has 0 aliphatic carbocycles. The van der Waals surface area contributed by atoms with Crippen LogP contribution in [0.4, 0.5) is 11.4 Å². The number of carbonyl (C=O) groups excluding carboxylic acids is 2. The van der Waals surface area contributed by atoms with E-state index in [0.29, 0.717) is 22.3 Å². The van der Waals surface area contributed by atoms with E-state index in [1.54, 1.807) is 12.1 Å². The summed E-state index contributed by atoms with van der Waals surface area (Å²) in [4.78, 5) is 42.5. The summed E-state index contributed by atoms with van der Waals surface area (Å²) < 4.78 is 0. The number of nitrogens with zero attached hydrogens (tertiary/aromatic N) is 2. The second-order valence-electron chi connectivity index (χ2n) is 4.90. The Kier molecular flexibility index (Phi) is 3.17. The molecular weight excluding hydrogens is 286 g/mol. The highest BCUT2D eigenvalue weighted by Gasteiger charge is 2.31. The molecule has 2 heterocycles. The number of Topliss-reactive ketones (excluding diaryl/α,β-unsaturated/α-hetero) is 1. The molecule has 1 unspecified atom stereocenters. The van der Waals surface area contributed by atoms with Gasteiger partial charge in [-0.2, -0.15) is 0 Å². The smallest absolute Gasteiger partial charge is 0.319 e. The predicted molar refractivity (Wildman–Crippen MR) is 79.7 cm³/mol. The first kappa shape index (κ1) is 13.9. The lowest BCUT2D eigenvalue weighted by molar-refractivity contribution is -0.137. The fourth-order valence-corrected chi connectivity index (χ4v) is 2.35. The van der Waals surface area contributed by atoms with Gasteiger partial charge in [0.1, 0.15) is 0 Å². The van der Waals surface area contributed by atoms with Crippen LogP contribution in [0.5, 0.6) is 0 Å². The Labute approximate surface area is 124 Å².